The number of amides is 2. The van der Waals surface area contributed by atoms with Crippen LogP contribution >= 0.6 is 0 Å². The number of aryl methyl sites for hydroxylation is 1. The van der Waals surface area contributed by atoms with E-state index >= 15 is 0 Å². The SMILES string of the molecule is Cc1cc(OCC(=O)OCCN2C(=O)c3ccccc3C2=O)ccc1C(C)C. The van der Waals surface area contributed by atoms with Crippen molar-refractivity contribution in [2.24, 2.45) is 0 Å². The Morgan fingerprint density at radius 2 is 1.68 bits per heavy atom. The lowest BCUT2D eigenvalue weighted by molar-refractivity contribution is -0.146. The molecule has 0 saturated carbocycles. The van der Waals surface area contributed by atoms with Crippen LogP contribution in [0.2, 0.25) is 0 Å². The number of nitrogens with zero attached hydrogens (tertiary/aromatic N) is 1. The second-order valence-electron chi connectivity index (χ2n) is 6.99. The molecular formula is C22H23NO5. The summed E-state index contributed by atoms with van der Waals surface area (Å²) in [4.78, 5) is 37.5. The van der Waals surface area contributed by atoms with Crippen LogP contribution in [0.4, 0.5) is 0 Å². The van der Waals surface area contributed by atoms with Crippen LogP contribution < -0.4 is 4.74 Å². The fourth-order valence-electron chi connectivity index (χ4n) is 3.26. The van der Waals surface area contributed by atoms with Gasteiger partial charge in [-0.15, -0.1) is 0 Å². The Hall–Kier alpha value is -3.15. The Morgan fingerprint density at radius 1 is 1.04 bits per heavy atom. The molecule has 2 aromatic rings. The molecule has 0 bridgehead atoms. The zero-order chi connectivity index (χ0) is 20.3. The van der Waals surface area contributed by atoms with E-state index in [2.05, 4.69) is 13.8 Å². The quantitative estimate of drug-likeness (QED) is 0.543. The van der Waals surface area contributed by atoms with E-state index in [9.17, 15) is 14.4 Å². The van der Waals surface area contributed by atoms with Gasteiger partial charge in [0.15, 0.2) is 6.61 Å². The predicted octanol–water partition coefficient (Wildman–Crippen LogP) is 3.34. The van der Waals surface area contributed by atoms with Crippen molar-refractivity contribution in [3.63, 3.8) is 0 Å². The Morgan fingerprint density at radius 3 is 2.25 bits per heavy atom. The third-order valence-electron chi connectivity index (χ3n) is 4.68. The number of esters is 1. The van der Waals surface area contributed by atoms with Gasteiger partial charge in [-0.25, -0.2) is 4.79 Å². The highest BCUT2D eigenvalue weighted by molar-refractivity contribution is 6.21. The van der Waals surface area contributed by atoms with Crippen molar-refractivity contribution >= 4 is 17.8 Å². The summed E-state index contributed by atoms with van der Waals surface area (Å²) in [5.74, 6) is -0.273. The molecule has 0 aliphatic carbocycles. The molecule has 1 heterocycles. The minimum atomic E-state index is -0.554. The largest absolute Gasteiger partial charge is 0.482 e. The number of fused-ring (bicyclic) bond motifs is 1. The van der Waals surface area contributed by atoms with Gasteiger partial charge in [0.1, 0.15) is 12.4 Å². The molecule has 0 atom stereocenters. The molecule has 1 aliphatic rings. The van der Waals surface area contributed by atoms with Crippen molar-refractivity contribution in [2.45, 2.75) is 26.7 Å². The fraction of sp³-hybridized carbons (Fsp3) is 0.318. The summed E-state index contributed by atoms with van der Waals surface area (Å²) in [6.45, 7) is 5.95. The summed E-state index contributed by atoms with van der Waals surface area (Å²) < 4.78 is 10.6. The maximum atomic E-state index is 12.2. The van der Waals surface area contributed by atoms with Crippen molar-refractivity contribution in [1.82, 2.24) is 4.90 Å². The molecule has 2 aromatic carbocycles. The number of rotatable bonds is 7. The monoisotopic (exact) mass is 381 g/mol. The molecule has 6 nitrogen and oxygen atoms in total. The number of imide groups is 1. The minimum Gasteiger partial charge on any atom is -0.482 e. The maximum Gasteiger partial charge on any atom is 0.344 e. The van der Waals surface area contributed by atoms with E-state index in [0.29, 0.717) is 22.8 Å². The van der Waals surface area contributed by atoms with E-state index in [1.807, 2.05) is 25.1 Å². The summed E-state index contributed by atoms with van der Waals surface area (Å²) in [5.41, 5.74) is 3.09. The summed E-state index contributed by atoms with van der Waals surface area (Å²) in [6.07, 6.45) is 0. The lowest BCUT2D eigenvalue weighted by atomic mass is 9.98. The maximum absolute atomic E-state index is 12.2. The molecule has 3 rings (SSSR count). The van der Waals surface area contributed by atoms with Gasteiger partial charge in [-0.05, 0) is 48.2 Å². The Kier molecular flexibility index (Phi) is 5.78. The van der Waals surface area contributed by atoms with Crippen LogP contribution in [0.25, 0.3) is 0 Å². The first kappa shape index (κ1) is 19.6. The van der Waals surface area contributed by atoms with Crippen LogP contribution in [0.3, 0.4) is 0 Å². The van der Waals surface area contributed by atoms with Crippen LogP contribution in [0.15, 0.2) is 42.5 Å². The number of ether oxygens (including phenoxy) is 2. The topological polar surface area (TPSA) is 72.9 Å². The zero-order valence-corrected chi connectivity index (χ0v) is 16.2. The first-order valence-electron chi connectivity index (χ1n) is 9.22. The summed E-state index contributed by atoms with van der Waals surface area (Å²) >= 11 is 0. The lowest BCUT2D eigenvalue weighted by Crippen LogP contribution is -2.33. The van der Waals surface area contributed by atoms with E-state index < -0.39 is 5.97 Å². The van der Waals surface area contributed by atoms with E-state index in [4.69, 9.17) is 9.47 Å². The molecule has 2 amide bonds. The molecule has 0 aromatic heterocycles. The zero-order valence-electron chi connectivity index (χ0n) is 16.2. The number of carbonyl (C=O) groups is 3. The number of hydrogen-bond acceptors (Lipinski definition) is 5. The fourth-order valence-corrected chi connectivity index (χ4v) is 3.26. The average molecular weight is 381 g/mol. The molecule has 146 valence electrons. The van der Waals surface area contributed by atoms with Crippen molar-refractivity contribution in [2.75, 3.05) is 19.8 Å². The van der Waals surface area contributed by atoms with E-state index in [1.54, 1.807) is 24.3 Å². The number of carbonyl (C=O) groups excluding carboxylic acids is 3. The summed E-state index contributed by atoms with van der Waals surface area (Å²) in [6, 6.07) is 12.4. The van der Waals surface area contributed by atoms with E-state index in [0.717, 1.165) is 10.5 Å². The highest BCUT2D eigenvalue weighted by atomic mass is 16.6. The second kappa shape index (κ2) is 8.25. The highest BCUT2D eigenvalue weighted by Gasteiger charge is 2.34. The van der Waals surface area contributed by atoms with E-state index in [1.165, 1.54) is 5.56 Å². The third kappa shape index (κ3) is 4.06. The van der Waals surface area contributed by atoms with Gasteiger partial charge < -0.3 is 9.47 Å². The van der Waals surface area contributed by atoms with Gasteiger partial charge >= 0.3 is 5.97 Å². The Bertz CT molecular complexity index is 884. The molecule has 1 aliphatic heterocycles. The van der Waals surface area contributed by atoms with Gasteiger partial charge in [-0.2, -0.15) is 0 Å². The predicted molar refractivity (Wildman–Crippen MR) is 104 cm³/mol. The van der Waals surface area contributed by atoms with Crippen LogP contribution in [-0.2, 0) is 9.53 Å². The molecule has 0 N–H and O–H groups in total. The molecule has 0 saturated heterocycles. The highest BCUT2D eigenvalue weighted by Crippen LogP contribution is 2.24. The molecular weight excluding hydrogens is 358 g/mol. The molecule has 0 fully saturated rings. The smallest absolute Gasteiger partial charge is 0.344 e. The molecule has 0 unspecified atom stereocenters. The Balaban J connectivity index is 1.46. The number of benzene rings is 2. The van der Waals surface area contributed by atoms with Gasteiger partial charge in [0.2, 0.25) is 0 Å². The average Bonchev–Trinajstić information content (AvgIpc) is 2.91. The van der Waals surface area contributed by atoms with Crippen LogP contribution in [0.5, 0.6) is 5.75 Å². The van der Waals surface area contributed by atoms with Gasteiger partial charge in [-0.3, -0.25) is 14.5 Å². The summed E-state index contributed by atoms with van der Waals surface area (Å²) in [5, 5.41) is 0. The minimum absolute atomic E-state index is 0.0142. The molecule has 0 spiro atoms. The first-order chi connectivity index (χ1) is 13.4. The molecule has 0 radical (unpaired) electrons. The molecule has 6 heteroatoms. The van der Waals surface area contributed by atoms with E-state index in [-0.39, 0.29) is 31.6 Å². The van der Waals surface area contributed by atoms with Gasteiger partial charge in [0.25, 0.3) is 11.8 Å². The Labute approximate surface area is 164 Å². The van der Waals surface area contributed by atoms with Gasteiger partial charge in [0, 0.05) is 0 Å². The third-order valence-corrected chi connectivity index (χ3v) is 4.68. The van der Waals surface area contributed by atoms with Crippen molar-refractivity contribution in [3.05, 3.63) is 64.7 Å². The second-order valence-corrected chi connectivity index (χ2v) is 6.99. The van der Waals surface area contributed by atoms with Crippen molar-refractivity contribution in [1.29, 1.82) is 0 Å². The number of hydrogen-bond donors (Lipinski definition) is 0. The normalized spacial score (nSPS) is 13.1. The lowest BCUT2D eigenvalue weighted by Gasteiger charge is -2.14. The van der Waals surface area contributed by atoms with Gasteiger partial charge in [0.05, 0.1) is 17.7 Å². The van der Waals surface area contributed by atoms with Crippen molar-refractivity contribution < 1.29 is 23.9 Å². The molecule has 28 heavy (non-hydrogen) atoms. The van der Waals surface area contributed by atoms with Crippen LogP contribution in [0, 0.1) is 6.92 Å². The summed E-state index contributed by atoms with van der Waals surface area (Å²) in [7, 11) is 0. The van der Waals surface area contributed by atoms with Crippen LogP contribution in [0.1, 0.15) is 51.6 Å². The van der Waals surface area contributed by atoms with Crippen molar-refractivity contribution in [3.8, 4) is 5.75 Å². The van der Waals surface area contributed by atoms with Crippen LogP contribution in [-0.4, -0.2) is 42.4 Å². The van der Waals surface area contributed by atoms with Gasteiger partial charge in [-0.1, -0.05) is 32.0 Å². The first-order valence-corrected chi connectivity index (χ1v) is 9.22. The standard InChI is InChI=1S/C22H23NO5/c1-14(2)17-9-8-16(12-15(17)3)28-13-20(24)27-11-10-23-21(25)18-6-4-5-7-19(18)22(23)26/h4-9,12,14H,10-11,13H2,1-3H3.